The van der Waals surface area contributed by atoms with E-state index < -0.39 is 0 Å². The van der Waals surface area contributed by atoms with Crippen molar-refractivity contribution in [2.75, 3.05) is 7.11 Å². The maximum Gasteiger partial charge on any atom is 0.200 e. The zero-order chi connectivity index (χ0) is 18.8. The van der Waals surface area contributed by atoms with Crippen LogP contribution >= 0.6 is 12.2 Å². The first-order valence-corrected chi connectivity index (χ1v) is 8.08. The summed E-state index contributed by atoms with van der Waals surface area (Å²) in [5.74, 6) is 0.255. The van der Waals surface area contributed by atoms with E-state index in [2.05, 4.69) is 23.4 Å². The van der Waals surface area contributed by atoms with Crippen LogP contribution in [-0.2, 0) is 0 Å². The van der Waals surface area contributed by atoms with E-state index >= 15 is 0 Å². The number of nitrogens with one attached hydrogen (secondary N) is 1. The topological polar surface area (TPSA) is 83.3 Å². The van der Waals surface area contributed by atoms with E-state index in [-0.39, 0.29) is 17.2 Å². The van der Waals surface area contributed by atoms with E-state index in [4.69, 9.17) is 17.0 Å². The van der Waals surface area contributed by atoms with Crippen LogP contribution in [0.25, 0.3) is 29.2 Å². The average molecular weight is 367 g/mol. The van der Waals surface area contributed by atoms with Crippen molar-refractivity contribution in [2.45, 2.75) is 0 Å². The zero-order valence-corrected chi connectivity index (χ0v) is 14.9. The summed E-state index contributed by atoms with van der Waals surface area (Å²) in [4.78, 5) is 0. The number of ether oxygens (including phenoxy) is 1. The van der Waals surface area contributed by atoms with Gasteiger partial charge in [-0.25, -0.2) is 0 Å². The third-order valence-electron chi connectivity index (χ3n) is 3.99. The molecule has 0 spiro atoms. The van der Waals surface area contributed by atoms with Crippen molar-refractivity contribution in [3.63, 3.8) is 0 Å². The number of benzene rings is 2. The zero-order valence-electron chi connectivity index (χ0n) is 14.1. The summed E-state index contributed by atoms with van der Waals surface area (Å²) in [6.07, 6.45) is 3.44. The Labute approximate surface area is 155 Å². The van der Waals surface area contributed by atoms with Crippen molar-refractivity contribution in [3.05, 3.63) is 59.4 Å². The molecular formula is C19H17N3O3S. The molecule has 0 atom stereocenters. The fourth-order valence-electron chi connectivity index (χ4n) is 2.77. The van der Waals surface area contributed by atoms with Crippen molar-refractivity contribution in [3.8, 4) is 34.3 Å². The van der Waals surface area contributed by atoms with Crippen molar-refractivity contribution < 1.29 is 14.9 Å². The Balaban J connectivity index is 2.33. The van der Waals surface area contributed by atoms with Crippen molar-refractivity contribution in [1.82, 2.24) is 14.8 Å². The standard InChI is InChI=1S/C19H17N3O3S/c1-4-11-7-6-8-14(12(11)5-2)22-18(20-21-19(22)26)13-9-17(25-3)16(24)10-15(13)23/h4-10,23-24H,1-2H2,3H3,(H,21,26). The third-order valence-corrected chi connectivity index (χ3v) is 4.27. The molecule has 0 fully saturated rings. The van der Waals surface area contributed by atoms with E-state index in [1.165, 1.54) is 19.2 Å². The summed E-state index contributed by atoms with van der Waals surface area (Å²) >= 11 is 5.39. The minimum atomic E-state index is -0.171. The van der Waals surface area contributed by atoms with Crippen LogP contribution in [-0.4, -0.2) is 32.1 Å². The second-order valence-electron chi connectivity index (χ2n) is 5.42. The Bertz CT molecular complexity index is 1070. The summed E-state index contributed by atoms with van der Waals surface area (Å²) in [7, 11) is 1.43. The molecule has 26 heavy (non-hydrogen) atoms. The molecule has 0 saturated heterocycles. The number of hydrogen-bond donors (Lipinski definition) is 3. The number of methoxy groups -OCH3 is 1. The van der Waals surface area contributed by atoms with Crippen LogP contribution in [0, 0.1) is 4.77 Å². The smallest absolute Gasteiger partial charge is 0.200 e. The van der Waals surface area contributed by atoms with Gasteiger partial charge in [-0.15, -0.1) is 0 Å². The van der Waals surface area contributed by atoms with Crippen molar-refractivity contribution in [2.24, 2.45) is 0 Å². The predicted molar refractivity (Wildman–Crippen MR) is 104 cm³/mol. The van der Waals surface area contributed by atoms with Gasteiger partial charge in [0.15, 0.2) is 22.1 Å². The van der Waals surface area contributed by atoms with Gasteiger partial charge in [-0.05, 0) is 29.9 Å². The number of phenolic OH excluding ortho intramolecular Hbond substituents is 2. The van der Waals surface area contributed by atoms with E-state index in [0.717, 1.165) is 16.8 Å². The minimum absolute atomic E-state index is 0.154. The van der Waals surface area contributed by atoms with Gasteiger partial charge < -0.3 is 14.9 Å². The highest BCUT2D eigenvalue weighted by molar-refractivity contribution is 7.71. The van der Waals surface area contributed by atoms with Crippen LogP contribution in [0.2, 0.25) is 0 Å². The van der Waals surface area contributed by atoms with Gasteiger partial charge in [-0.3, -0.25) is 9.67 Å². The number of aromatic nitrogens is 3. The third kappa shape index (κ3) is 2.78. The van der Waals surface area contributed by atoms with Gasteiger partial charge in [-0.1, -0.05) is 37.4 Å². The second-order valence-corrected chi connectivity index (χ2v) is 5.80. The molecule has 2 aromatic carbocycles. The number of hydrogen-bond acceptors (Lipinski definition) is 5. The fraction of sp³-hybridized carbons (Fsp3) is 0.0526. The van der Waals surface area contributed by atoms with Crippen molar-refractivity contribution in [1.29, 1.82) is 0 Å². The molecule has 3 rings (SSSR count). The molecule has 0 unspecified atom stereocenters. The highest BCUT2D eigenvalue weighted by Gasteiger charge is 2.19. The minimum Gasteiger partial charge on any atom is -0.507 e. The number of aromatic amines is 1. The fourth-order valence-corrected chi connectivity index (χ4v) is 3.00. The first-order chi connectivity index (χ1) is 12.5. The SMILES string of the molecule is C=Cc1cccc(-n2c(-c3cc(OC)c(O)cc3O)n[nH]c2=S)c1C=C. The van der Waals surface area contributed by atoms with Crippen molar-refractivity contribution >= 4 is 24.4 Å². The Morgan fingerprint density at radius 1 is 1.19 bits per heavy atom. The monoisotopic (exact) mass is 367 g/mol. The molecule has 7 heteroatoms. The maximum atomic E-state index is 10.3. The summed E-state index contributed by atoms with van der Waals surface area (Å²) in [5.41, 5.74) is 2.80. The number of nitrogens with zero attached hydrogens (tertiary/aromatic N) is 2. The Morgan fingerprint density at radius 2 is 1.96 bits per heavy atom. The first kappa shape index (κ1) is 17.5. The van der Waals surface area contributed by atoms with E-state index in [0.29, 0.717) is 16.2 Å². The molecule has 132 valence electrons. The number of aromatic hydroxyl groups is 2. The van der Waals surface area contributed by atoms with Crippen LogP contribution in [0.1, 0.15) is 11.1 Å². The van der Waals surface area contributed by atoms with Gasteiger partial charge in [0.25, 0.3) is 0 Å². The molecule has 0 aliphatic heterocycles. The molecule has 0 aliphatic carbocycles. The molecule has 1 heterocycles. The molecule has 3 N–H and O–H groups in total. The Kier molecular flexibility index (Phi) is 4.64. The van der Waals surface area contributed by atoms with E-state index in [1.807, 2.05) is 18.2 Å². The molecule has 0 saturated carbocycles. The molecule has 0 bridgehead atoms. The van der Waals surface area contributed by atoms with Gasteiger partial charge in [0.05, 0.1) is 18.4 Å². The van der Waals surface area contributed by atoms with Crippen LogP contribution in [0.4, 0.5) is 0 Å². The summed E-state index contributed by atoms with van der Waals surface area (Å²) in [5, 5.41) is 27.2. The first-order valence-electron chi connectivity index (χ1n) is 7.67. The second kappa shape index (κ2) is 6.89. The van der Waals surface area contributed by atoms with Crippen LogP contribution in [0.3, 0.4) is 0 Å². The highest BCUT2D eigenvalue weighted by atomic mass is 32.1. The van der Waals surface area contributed by atoms with E-state index in [9.17, 15) is 10.2 Å². The van der Waals surface area contributed by atoms with Gasteiger partial charge >= 0.3 is 0 Å². The number of rotatable bonds is 5. The lowest BCUT2D eigenvalue weighted by molar-refractivity contribution is 0.370. The maximum absolute atomic E-state index is 10.3. The molecule has 0 amide bonds. The lowest BCUT2D eigenvalue weighted by atomic mass is 10.0. The summed E-state index contributed by atoms with van der Waals surface area (Å²) in [6.45, 7) is 7.69. The molecule has 0 aliphatic rings. The summed E-state index contributed by atoms with van der Waals surface area (Å²) in [6, 6.07) is 8.35. The predicted octanol–water partition coefficient (Wildman–Crippen LogP) is 4.30. The Hall–Kier alpha value is -3.32. The Morgan fingerprint density at radius 3 is 2.62 bits per heavy atom. The molecule has 3 aromatic rings. The van der Waals surface area contributed by atoms with Crippen LogP contribution in [0.5, 0.6) is 17.2 Å². The normalized spacial score (nSPS) is 10.5. The lowest BCUT2D eigenvalue weighted by Crippen LogP contribution is -2.02. The molecule has 1 aromatic heterocycles. The molecule has 0 radical (unpaired) electrons. The largest absolute Gasteiger partial charge is 0.507 e. The average Bonchev–Trinajstić information content (AvgIpc) is 3.02. The molecule has 6 nitrogen and oxygen atoms in total. The number of H-pyrrole nitrogens is 1. The van der Waals surface area contributed by atoms with Gasteiger partial charge in [0.2, 0.25) is 0 Å². The summed E-state index contributed by atoms with van der Waals surface area (Å²) < 4.78 is 7.16. The highest BCUT2D eigenvalue weighted by Crippen LogP contribution is 2.39. The number of phenols is 2. The lowest BCUT2D eigenvalue weighted by Gasteiger charge is -2.14. The van der Waals surface area contributed by atoms with Gasteiger partial charge in [0, 0.05) is 11.6 Å². The van der Waals surface area contributed by atoms with E-state index in [1.54, 1.807) is 16.7 Å². The van der Waals surface area contributed by atoms with Crippen LogP contribution < -0.4 is 4.74 Å². The van der Waals surface area contributed by atoms with Gasteiger partial charge in [0.1, 0.15) is 5.75 Å². The van der Waals surface area contributed by atoms with Crippen LogP contribution in [0.15, 0.2) is 43.5 Å². The van der Waals surface area contributed by atoms with Gasteiger partial charge in [-0.2, -0.15) is 5.10 Å². The quantitative estimate of drug-likeness (QED) is 0.586. The molecular weight excluding hydrogens is 350 g/mol.